The van der Waals surface area contributed by atoms with E-state index in [-0.39, 0.29) is 0 Å². The summed E-state index contributed by atoms with van der Waals surface area (Å²) >= 11 is 0. The van der Waals surface area contributed by atoms with Crippen LogP contribution in [0.2, 0.25) is 0 Å². The van der Waals surface area contributed by atoms with Gasteiger partial charge in [0.15, 0.2) is 0 Å². The zero-order chi connectivity index (χ0) is 35.3. The van der Waals surface area contributed by atoms with Crippen molar-refractivity contribution in [3.8, 4) is 22.3 Å². The summed E-state index contributed by atoms with van der Waals surface area (Å²) in [6.45, 7) is 14.9. The van der Waals surface area contributed by atoms with Gasteiger partial charge < -0.3 is 20.9 Å². The average molecular weight is 661 g/mol. The molecule has 1 heterocycles. The zero-order valence-electron chi connectivity index (χ0n) is 29.0. The molecular weight excluding hydrogens is 613 g/mol. The van der Waals surface area contributed by atoms with Crippen molar-refractivity contribution in [2.45, 2.75) is 44.1 Å². The standard InChI is InChI=1S/C46H48N2O2/c1-5-7-9-10-20-36-21-11-12-23-40(36)42-33-37(25-27-43(42)47)41-24-17-22-38-32-39(48-29-8-6-2)26-28-44(49)46(45(38)41)34(3)18-13-15-30-50-31-16-14-19-35(46)4/h5-6,8,10-25,27,29-30,32-33,44,48-49H,1-3,7,9,26,28,31,47H2,4H3/b16-14-,18-13-,20-10-,29-8-,30-15-,35-19?,39-32+. The van der Waals surface area contributed by atoms with E-state index in [9.17, 15) is 5.11 Å². The van der Waals surface area contributed by atoms with Crippen LogP contribution in [0, 0.1) is 0 Å². The van der Waals surface area contributed by atoms with Crippen LogP contribution in [0.1, 0.15) is 49.3 Å². The number of fused-ring (bicyclic) bond motifs is 2. The van der Waals surface area contributed by atoms with E-state index >= 15 is 0 Å². The highest BCUT2D eigenvalue weighted by Crippen LogP contribution is 2.51. The second kappa shape index (κ2) is 17.2. The third kappa shape index (κ3) is 7.83. The lowest BCUT2D eigenvalue weighted by Crippen LogP contribution is -2.44. The molecule has 1 aliphatic carbocycles. The molecule has 2 atom stereocenters. The predicted octanol–water partition coefficient (Wildman–Crippen LogP) is 10.8. The van der Waals surface area contributed by atoms with Crippen molar-refractivity contribution in [2.75, 3.05) is 12.3 Å². The summed E-state index contributed by atoms with van der Waals surface area (Å²) in [5.74, 6) is 0. The molecule has 0 fully saturated rings. The highest BCUT2D eigenvalue weighted by atomic mass is 16.5. The number of nitrogens with two attached hydrogens (primary N) is 1. The number of allylic oxidation sites excluding steroid dienone is 10. The van der Waals surface area contributed by atoms with Crippen LogP contribution in [0.25, 0.3) is 34.4 Å². The fraction of sp³-hybridized carbons (Fsp3) is 0.174. The lowest BCUT2D eigenvalue weighted by molar-refractivity contribution is 0.110. The highest BCUT2D eigenvalue weighted by molar-refractivity contribution is 5.88. The Morgan fingerprint density at radius 2 is 1.84 bits per heavy atom. The van der Waals surface area contributed by atoms with Gasteiger partial charge in [-0.3, -0.25) is 0 Å². The van der Waals surface area contributed by atoms with E-state index < -0.39 is 11.5 Å². The number of benzene rings is 3. The molecule has 0 radical (unpaired) electrons. The lowest BCUT2D eigenvalue weighted by Gasteiger charge is -2.44. The van der Waals surface area contributed by atoms with Gasteiger partial charge in [-0.15, -0.1) is 6.58 Å². The Kier molecular flexibility index (Phi) is 12.3. The number of nitrogen functional groups attached to an aromatic ring is 1. The SMILES string of the molecule is C=C/C=C\N/C1=C/c2cccc(-c3ccc(N)c(-c4ccccc4/C=C\CCC=C)c3)c2C2(C(=C)/C=C\C=C/OC/C=C\C=C2C)C(O)CC1. The molecule has 4 nitrogen and oxygen atoms in total. The molecule has 0 bridgehead atoms. The molecule has 3 aromatic rings. The van der Waals surface area contributed by atoms with Crippen LogP contribution >= 0.6 is 0 Å². The summed E-state index contributed by atoms with van der Waals surface area (Å²) < 4.78 is 5.58. The summed E-state index contributed by atoms with van der Waals surface area (Å²) in [5, 5.41) is 16.0. The molecule has 5 rings (SSSR count). The largest absolute Gasteiger partial charge is 0.497 e. The third-order valence-corrected chi connectivity index (χ3v) is 9.35. The van der Waals surface area contributed by atoms with Gasteiger partial charge >= 0.3 is 0 Å². The van der Waals surface area contributed by atoms with Crippen molar-refractivity contribution < 1.29 is 9.84 Å². The van der Waals surface area contributed by atoms with Crippen molar-refractivity contribution in [3.05, 3.63) is 187 Å². The smallest absolute Gasteiger partial charge is 0.106 e. The Labute approximate surface area is 298 Å². The number of hydrogen-bond donors (Lipinski definition) is 3. The monoisotopic (exact) mass is 660 g/mol. The first-order valence-corrected chi connectivity index (χ1v) is 17.2. The molecule has 4 N–H and O–H groups in total. The van der Waals surface area contributed by atoms with E-state index in [2.05, 4.69) is 111 Å². The molecule has 1 aliphatic heterocycles. The molecule has 4 heteroatoms. The van der Waals surface area contributed by atoms with E-state index in [0.717, 1.165) is 68.6 Å². The van der Waals surface area contributed by atoms with E-state index in [1.54, 1.807) is 12.3 Å². The Morgan fingerprint density at radius 3 is 2.68 bits per heavy atom. The van der Waals surface area contributed by atoms with Crippen molar-refractivity contribution in [1.82, 2.24) is 5.32 Å². The minimum absolute atomic E-state index is 0.446. The Hall–Kier alpha value is -5.58. The van der Waals surface area contributed by atoms with E-state index in [0.29, 0.717) is 25.1 Å². The Balaban J connectivity index is 1.81. The minimum Gasteiger partial charge on any atom is -0.497 e. The molecule has 3 aromatic carbocycles. The number of anilines is 1. The molecule has 0 saturated carbocycles. The average Bonchev–Trinajstić information content (AvgIpc) is 3.11. The van der Waals surface area contributed by atoms with Gasteiger partial charge in [-0.05, 0) is 108 Å². The molecule has 50 heavy (non-hydrogen) atoms. The fourth-order valence-corrected chi connectivity index (χ4v) is 6.91. The van der Waals surface area contributed by atoms with Crippen molar-refractivity contribution in [3.63, 3.8) is 0 Å². The van der Waals surface area contributed by atoms with E-state index in [1.807, 2.05) is 54.8 Å². The molecule has 0 saturated heterocycles. The van der Waals surface area contributed by atoms with Crippen LogP contribution in [-0.2, 0) is 10.2 Å². The molecule has 2 unspecified atom stereocenters. The highest BCUT2D eigenvalue weighted by Gasteiger charge is 2.46. The maximum absolute atomic E-state index is 12.6. The molecule has 2 aliphatic rings. The van der Waals surface area contributed by atoms with Crippen molar-refractivity contribution in [1.29, 1.82) is 0 Å². The number of nitrogens with one attached hydrogen (secondary N) is 1. The second-order valence-corrected chi connectivity index (χ2v) is 12.5. The van der Waals surface area contributed by atoms with Gasteiger partial charge in [0.05, 0.1) is 17.8 Å². The van der Waals surface area contributed by atoms with Crippen molar-refractivity contribution >= 4 is 17.8 Å². The molecular formula is C46H48N2O2. The predicted molar refractivity (Wildman–Crippen MR) is 214 cm³/mol. The van der Waals surface area contributed by atoms with E-state index in [1.165, 1.54) is 0 Å². The van der Waals surface area contributed by atoms with Gasteiger partial charge in [0, 0.05) is 23.1 Å². The summed E-state index contributed by atoms with van der Waals surface area (Å²) in [4.78, 5) is 0. The van der Waals surface area contributed by atoms with Gasteiger partial charge in [0.1, 0.15) is 6.61 Å². The zero-order valence-corrected chi connectivity index (χ0v) is 29.0. The fourth-order valence-electron chi connectivity index (χ4n) is 6.91. The lowest BCUT2D eigenvalue weighted by atomic mass is 9.61. The first kappa shape index (κ1) is 35.7. The Morgan fingerprint density at radius 1 is 1.00 bits per heavy atom. The number of rotatable bonds is 9. The second-order valence-electron chi connectivity index (χ2n) is 12.5. The van der Waals surface area contributed by atoms with Gasteiger partial charge in [0.25, 0.3) is 0 Å². The number of ether oxygens (including phenoxy) is 1. The van der Waals surface area contributed by atoms with Crippen LogP contribution in [0.4, 0.5) is 5.69 Å². The maximum atomic E-state index is 12.6. The minimum atomic E-state index is -0.951. The normalized spacial score (nSPS) is 22.4. The first-order valence-electron chi connectivity index (χ1n) is 17.2. The maximum Gasteiger partial charge on any atom is 0.106 e. The summed E-state index contributed by atoms with van der Waals surface area (Å²) in [7, 11) is 0. The molecule has 0 amide bonds. The van der Waals surface area contributed by atoms with Gasteiger partial charge in [0.2, 0.25) is 0 Å². The molecule has 254 valence electrons. The Bertz CT molecular complexity index is 1930. The number of aliphatic hydroxyl groups excluding tert-OH is 1. The molecule has 1 spiro atoms. The van der Waals surface area contributed by atoms with Gasteiger partial charge in [-0.1, -0.05) is 116 Å². The number of hydrogen-bond acceptors (Lipinski definition) is 4. The van der Waals surface area contributed by atoms with E-state index in [4.69, 9.17) is 10.5 Å². The summed E-state index contributed by atoms with van der Waals surface area (Å²) in [5.41, 5.74) is 16.3. The first-order chi connectivity index (χ1) is 24.4. The van der Waals surface area contributed by atoms with Crippen LogP contribution in [0.5, 0.6) is 0 Å². The third-order valence-electron chi connectivity index (χ3n) is 9.35. The van der Waals surface area contributed by atoms with Crippen molar-refractivity contribution in [2.24, 2.45) is 0 Å². The van der Waals surface area contributed by atoms with Gasteiger partial charge in [-0.2, -0.15) is 0 Å². The molecule has 0 aromatic heterocycles. The topological polar surface area (TPSA) is 67.5 Å². The van der Waals surface area contributed by atoms with Crippen LogP contribution in [0.3, 0.4) is 0 Å². The summed E-state index contributed by atoms with van der Waals surface area (Å²) in [6, 6.07) is 21.0. The van der Waals surface area contributed by atoms with Crippen LogP contribution in [-0.4, -0.2) is 17.8 Å². The number of aliphatic hydroxyl groups is 1. The van der Waals surface area contributed by atoms with Gasteiger partial charge in [-0.25, -0.2) is 0 Å². The van der Waals surface area contributed by atoms with Crippen LogP contribution < -0.4 is 11.1 Å². The summed E-state index contributed by atoms with van der Waals surface area (Å²) in [6.07, 6.45) is 29.7. The number of unbranched alkanes of at least 4 members (excludes halogenated alkanes) is 1. The van der Waals surface area contributed by atoms with Crippen LogP contribution in [0.15, 0.2) is 170 Å². The quantitative estimate of drug-likeness (QED) is 0.0925.